The summed E-state index contributed by atoms with van der Waals surface area (Å²) in [5.74, 6) is -0.831. The molecular formula is C31H26FN3O4S2. The number of ether oxygens (including phenoxy) is 1. The van der Waals surface area contributed by atoms with Gasteiger partial charge in [-0.1, -0.05) is 54.6 Å². The summed E-state index contributed by atoms with van der Waals surface area (Å²) in [4.78, 5) is 16.9. The van der Waals surface area contributed by atoms with Crippen molar-refractivity contribution in [1.29, 1.82) is 0 Å². The molecule has 2 heterocycles. The largest absolute Gasteiger partial charge is 0.461 e. The summed E-state index contributed by atoms with van der Waals surface area (Å²) in [7, 11) is 0. The standard InChI is InChI=1S/C31H26FN3O4S2/c1-2-39-30(36)27-18-40-31(33-27)35-29(20-11-12-20)25(16-22-13-14-24(41(37)38)17-26(22)32)28(34-35)23-10-6-9-21(15-23)19-7-4-3-5-8-19/h3-10,13-15,17-18,20H,2,11-12,16H2,1H3,(H,37,38). The van der Waals surface area contributed by atoms with E-state index in [4.69, 9.17) is 9.84 Å². The van der Waals surface area contributed by atoms with Crippen LogP contribution in [0, 0.1) is 5.82 Å². The van der Waals surface area contributed by atoms with Crippen molar-refractivity contribution in [2.75, 3.05) is 6.61 Å². The minimum Gasteiger partial charge on any atom is -0.461 e. The highest BCUT2D eigenvalue weighted by molar-refractivity contribution is 7.79. The van der Waals surface area contributed by atoms with Gasteiger partial charge < -0.3 is 9.29 Å². The van der Waals surface area contributed by atoms with E-state index in [1.807, 2.05) is 48.5 Å². The number of thiazole rings is 1. The lowest BCUT2D eigenvalue weighted by Crippen LogP contribution is -2.07. The molecule has 10 heteroatoms. The predicted molar refractivity (Wildman–Crippen MR) is 156 cm³/mol. The molecule has 0 saturated heterocycles. The van der Waals surface area contributed by atoms with Crippen LogP contribution in [0.3, 0.4) is 0 Å². The number of nitrogens with zero attached hydrogens (tertiary/aromatic N) is 3. The van der Waals surface area contributed by atoms with Gasteiger partial charge in [0.25, 0.3) is 0 Å². The lowest BCUT2D eigenvalue weighted by atomic mass is 9.95. The second-order valence-electron chi connectivity index (χ2n) is 9.76. The molecule has 1 aliphatic carbocycles. The van der Waals surface area contributed by atoms with Crippen molar-refractivity contribution in [3.05, 3.63) is 107 Å². The second-order valence-corrected chi connectivity index (χ2v) is 11.6. The molecular weight excluding hydrogens is 561 g/mol. The van der Waals surface area contributed by atoms with Crippen molar-refractivity contribution < 1.29 is 22.7 Å². The molecule has 6 rings (SSSR count). The van der Waals surface area contributed by atoms with Crippen LogP contribution in [0.1, 0.15) is 53.0 Å². The van der Waals surface area contributed by atoms with E-state index in [1.54, 1.807) is 23.1 Å². The Bertz CT molecular complexity index is 1760. The van der Waals surface area contributed by atoms with Crippen molar-refractivity contribution in [1.82, 2.24) is 14.8 Å². The van der Waals surface area contributed by atoms with Crippen LogP contribution >= 0.6 is 11.3 Å². The molecule has 0 radical (unpaired) electrons. The van der Waals surface area contributed by atoms with Crippen molar-refractivity contribution in [2.24, 2.45) is 0 Å². The first-order valence-electron chi connectivity index (χ1n) is 13.2. The molecule has 7 nitrogen and oxygen atoms in total. The van der Waals surface area contributed by atoms with Gasteiger partial charge in [0.1, 0.15) is 5.82 Å². The fraction of sp³-hybridized carbons (Fsp3) is 0.194. The van der Waals surface area contributed by atoms with E-state index in [1.165, 1.54) is 17.4 Å². The number of aromatic nitrogens is 3. The monoisotopic (exact) mass is 587 g/mol. The maximum Gasteiger partial charge on any atom is 0.357 e. The van der Waals surface area contributed by atoms with E-state index >= 15 is 4.39 Å². The number of carbonyl (C=O) groups is 1. The van der Waals surface area contributed by atoms with Crippen LogP contribution in [-0.4, -0.2) is 36.1 Å². The minimum atomic E-state index is -2.28. The van der Waals surface area contributed by atoms with Gasteiger partial charge in [0.15, 0.2) is 16.8 Å². The Labute approximate surface area is 242 Å². The van der Waals surface area contributed by atoms with Gasteiger partial charge in [-0.2, -0.15) is 5.10 Å². The molecule has 0 spiro atoms. The quantitative estimate of drug-likeness (QED) is 0.147. The highest BCUT2D eigenvalue weighted by atomic mass is 32.2. The zero-order chi connectivity index (χ0) is 28.5. The summed E-state index contributed by atoms with van der Waals surface area (Å²) < 4.78 is 43.1. The van der Waals surface area contributed by atoms with E-state index in [-0.39, 0.29) is 29.5 Å². The Morgan fingerprint density at radius 1 is 1.07 bits per heavy atom. The van der Waals surface area contributed by atoms with Gasteiger partial charge in [-0.25, -0.2) is 23.1 Å². The summed E-state index contributed by atoms with van der Waals surface area (Å²) in [6, 6.07) is 22.2. The van der Waals surface area contributed by atoms with Crippen LogP contribution < -0.4 is 0 Å². The van der Waals surface area contributed by atoms with Crippen LogP contribution in [-0.2, 0) is 22.2 Å². The van der Waals surface area contributed by atoms with Gasteiger partial charge in [-0.15, -0.1) is 11.3 Å². The number of benzene rings is 3. The number of hydrogen-bond acceptors (Lipinski definition) is 6. The molecule has 1 atom stereocenters. The van der Waals surface area contributed by atoms with Gasteiger partial charge >= 0.3 is 5.97 Å². The molecule has 1 aliphatic rings. The van der Waals surface area contributed by atoms with Crippen LogP contribution in [0.2, 0.25) is 0 Å². The molecule has 1 saturated carbocycles. The molecule has 0 bridgehead atoms. The maximum atomic E-state index is 15.2. The number of carbonyl (C=O) groups excluding carboxylic acids is 1. The van der Waals surface area contributed by atoms with Gasteiger partial charge in [0.05, 0.1) is 22.9 Å². The van der Waals surface area contributed by atoms with E-state index < -0.39 is 22.9 Å². The Balaban J connectivity index is 1.51. The van der Waals surface area contributed by atoms with Gasteiger partial charge in [0, 0.05) is 28.8 Å². The third-order valence-corrected chi connectivity index (χ3v) is 8.45. The van der Waals surface area contributed by atoms with Crippen LogP contribution in [0.4, 0.5) is 4.39 Å². The predicted octanol–water partition coefficient (Wildman–Crippen LogP) is 7.03. The maximum absolute atomic E-state index is 15.2. The smallest absolute Gasteiger partial charge is 0.357 e. The summed E-state index contributed by atoms with van der Waals surface area (Å²) in [5.41, 5.74) is 6.08. The normalized spacial score (nSPS) is 13.7. The summed E-state index contributed by atoms with van der Waals surface area (Å²) in [6.45, 7) is 2.00. The Kier molecular flexibility index (Phi) is 7.61. The molecule has 0 amide bonds. The van der Waals surface area contributed by atoms with E-state index in [2.05, 4.69) is 11.1 Å². The molecule has 41 heavy (non-hydrogen) atoms. The zero-order valence-electron chi connectivity index (χ0n) is 22.1. The van der Waals surface area contributed by atoms with Crippen molar-refractivity contribution in [2.45, 2.75) is 37.0 Å². The number of halogens is 1. The minimum absolute atomic E-state index is 0.00873. The molecule has 208 valence electrons. The molecule has 3 aromatic carbocycles. The first-order chi connectivity index (χ1) is 19.9. The molecule has 1 fully saturated rings. The molecule has 1 unspecified atom stereocenters. The Morgan fingerprint density at radius 2 is 1.83 bits per heavy atom. The molecule has 2 aromatic heterocycles. The molecule has 0 aliphatic heterocycles. The van der Waals surface area contributed by atoms with Crippen LogP contribution in [0.25, 0.3) is 27.5 Å². The first-order valence-corrected chi connectivity index (χ1v) is 15.2. The first kappa shape index (κ1) is 27.2. The lowest BCUT2D eigenvalue weighted by Gasteiger charge is -2.10. The highest BCUT2D eigenvalue weighted by Gasteiger charge is 2.34. The number of hydrogen-bond donors (Lipinski definition) is 1. The van der Waals surface area contributed by atoms with E-state index in [0.29, 0.717) is 16.4 Å². The third kappa shape index (κ3) is 5.63. The average molecular weight is 588 g/mol. The zero-order valence-corrected chi connectivity index (χ0v) is 23.8. The second kappa shape index (κ2) is 11.5. The topological polar surface area (TPSA) is 94.3 Å². The van der Waals surface area contributed by atoms with Crippen molar-refractivity contribution in [3.63, 3.8) is 0 Å². The highest BCUT2D eigenvalue weighted by Crippen LogP contribution is 2.46. The van der Waals surface area contributed by atoms with Crippen LogP contribution in [0.5, 0.6) is 0 Å². The molecule has 1 N–H and O–H groups in total. The van der Waals surface area contributed by atoms with E-state index in [0.717, 1.165) is 46.9 Å². The van der Waals surface area contributed by atoms with Gasteiger partial charge in [0.2, 0.25) is 5.13 Å². The fourth-order valence-corrected chi connectivity index (χ4v) is 6.04. The van der Waals surface area contributed by atoms with Crippen LogP contribution in [0.15, 0.2) is 83.1 Å². The Hall–Kier alpha value is -3.99. The number of esters is 1. The Morgan fingerprint density at radius 3 is 2.54 bits per heavy atom. The van der Waals surface area contributed by atoms with Crippen molar-refractivity contribution in [3.8, 4) is 27.5 Å². The summed E-state index contributed by atoms with van der Waals surface area (Å²) in [6.07, 6.45) is 2.16. The number of rotatable bonds is 9. The summed E-state index contributed by atoms with van der Waals surface area (Å²) >= 11 is -0.975. The third-order valence-electron chi connectivity index (χ3n) is 6.98. The SMILES string of the molecule is CCOC(=O)c1csc(-n2nc(-c3cccc(-c4ccccc4)c3)c(Cc3ccc(S(=O)O)cc3F)c2C2CC2)n1. The average Bonchev–Trinajstić information content (AvgIpc) is 3.57. The summed E-state index contributed by atoms with van der Waals surface area (Å²) in [5, 5.41) is 7.23. The van der Waals surface area contributed by atoms with Gasteiger partial charge in [-0.3, -0.25) is 0 Å². The lowest BCUT2D eigenvalue weighted by molar-refractivity contribution is 0.0520. The molecule has 5 aromatic rings. The fourth-order valence-electron chi connectivity index (χ4n) is 4.90. The van der Waals surface area contributed by atoms with Gasteiger partial charge in [-0.05, 0) is 54.7 Å². The van der Waals surface area contributed by atoms with Crippen molar-refractivity contribution >= 4 is 28.4 Å². The van der Waals surface area contributed by atoms with E-state index in [9.17, 15) is 13.6 Å².